The summed E-state index contributed by atoms with van der Waals surface area (Å²) in [5.41, 5.74) is 0. The van der Waals surface area contributed by atoms with Gasteiger partial charge in [-0.3, -0.25) is 9.59 Å². The predicted octanol–water partition coefficient (Wildman–Crippen LogP) is 14.0. The third-order valence-electron chi connectivity index (χ3n) is 11.2. The number of rotatable bonds is 43. The van der Waals surface area contributed by atoms with Gasteiger partial charge in [0.1, 0.15) is 12.2 Å². The fourth-order valence-corrected chi connectivity index (χ4v) is 7.51. The molecular weight excluding hydrogens is 669 g/mol. The lowest BCUT2D eigenvalue weighted by Gasteiger charge is -2.24. The maximum Gasteiger partial charge on any atom is 0.306 e. The van der Waals surface area contributed by atoms with Gasteiger partial charge in [-0.15, -0.1) is 0 Å². The van der Waals surface area contributed by atoms with E-state index in [2.05, 4.69) is 51.6 Å². The van der Waals surface area contributed by atoms with Crippen LogP contribution in [0.1, 0.15) is 246 Å². The smallest absolute Gasteiger partial charge is 0.306 e. The third-order valence-corrected chi connectivity index (χ3v) is 11.2. The van der Waals surface area contributed by atoms with E-state index in [1.54, 1.807) is 0 Å². The molecule has 0 saturated heterocycles. The quantitative estimate of drug-likeness (QED) is 0.0455. The van der Waals surface area contributed by atoms with Crippen molar-refractivity contribution >= 4 is 11.9 Å². The van der Waals surface area contributed by atoms with Gasteiger partial charge in [0.25, 0.3) is 0 Å². The summed E-state index contributed by atoms with van der Waals surface area (Å²) in [6.07, 6.45) is 39.8. The molecule has 6 heteroatoms. The molecule has 0 saturated carbocycles. The van der Waals surface area contributed by atoms with Crippen molar-refractivity contribution in [1.82, 2.24) is 9.80 Å². The Morgan fingerprint density at radius 1 is 0.370 bits per heavy atom. The van der Waals surface area contributed by atoms with Crippen molar-refractivity contribution in [3.8, 4) is 0 Å². The topological polar surface area (TPSA) is 59.1 Å². The summed E-state index contributed by atoms with van der Waals surface area (Å²) in [5, 5.41) is 0. The second-order valence-corrected chi connectivity index (χ2v) is 17.0. The summed E-state index contributed by atoms with van der Waals surface area (Å²) in [5.74, 6) is 0.0691. The van der Waals surface area contributed by atoms with Crippen molar-refractivity contribution in [3.63, 3.8) is 0 Å². The van der Waals surface area contributed by atoms with E-state index in [1.165, 1.54) is 167 Å². The van der Waals surface area contributed by atoms with E-state index in [0.29, 0.717) is 12.8 Å². The average molecular weight is 765 g/mol. The molecule has 0 N–H and O–H groups in total. The minimum absolute atomic E-state index is 0.0332. The molecule has 0 aromatic rings. The van der Waals surface area contributed by atoms with Crippen LogP contribution in [0.5, 0.6) is 0 Å². The van der Waals surface area contributed by atoms with Crippen molar-refractivity contribution in [3.05, 3.63) is 0 Å². The molecule has 0 radical (unpaired) electrons. The molecule has 6 nitrogen and oxygen atoms in total. The maximum atomic E-state index is 12.6. The van der Waals surface area contributed by atoms with Crippen molar-refractivity contribution in [2.75, 3.05) is 40.3 Å². The molecule has 0 rings (SSSR count). The first-order valence-electron chi connectivity index (χ1n) is 24.1. The zero-order valence-electron chi connectivity index (χ0n) is 37.6. The zero-order valence-corrected chi connectivity index (χ0v) is 37.6. The molecule has 0 fully saturated rings. The lowest BCUT2D eigenvalue weighted by atomic mass is 10.0. The molecule has 0 bridgehead atoms. The molecule has 0 atom stereocenters. The summed E-state index contributed by atoms with van der Waals surface area (Å²) in [6, 6.07) is 0. The molecule has 0 aromatic carbocycles. The van der Waals surface area contributed by atoms with Crippen LogP contribution in [0.25, 0.3) is 0 Å². The number of unbranched alkanes of at least 4 members (excludes halogenated alkanes) is 22. The highest BCUT2D eigenvalue weighted by Gasteiger charge is 2.15. The molecule has 0 aliphatic heterocycles. The van der Waals surface area contributed by atoms with Gasteiger partial charge in [0.05, 0.1) is 0 Å². The van der Waals surface area contributed by atoms with Crippen LogP contribution in [-0.2, 0) is 19.1 Å². The van der Waals surface area contributed by atoms with Crippen LogP contribution in [0.3, 0.4) is 0 Å². The lowest BCUT2D eigenvalue weighted by Crippen LogP contribution is -2.33. The highest BCUT2D eigenvalue weighted by molar-refractivity contribution is 5.69. The average Bonchev–Trinajstić information content (AvgIpc) is 3.15. The second kappa shape index (κ2) is 41.5. The summed E-state index contributed by atoms with van der Waals surface area (Å²) < 4.78 is 11.9. The highest BCUT2D eigenvalue weighted by Crippen LogP contribution is 2.19. The van der Waals surface area contributed by atoms with Crippen LogP contribution in [0, 0.1) is 0 Å². The lowest BCUT2D eigenvalue weighted by molar-refractivity contribution is -0.151. The predicted molar refractivity (Wildman–Crippen MR) is 234 cm³/mol. The van der Waals surface area contributed by atoms with Gasteiger partial charge in [-0.2, -0.15) is 0 Å². The molecule has 0 unspecified atom stereocenters. The molecule has 322 valence electrons. The number of nitrogens with zero attached hydrogens (tertiary/aromatic N) is 2. The van der Waals surface area contributed by atoms with E-state index in [9.17, 15) is 9.59 Å². The summed E-state index contributed by atoms with van der Waals surface area (Å²) in [4.78, 5) is 30.2. The molecule has 0 heterocycles. The van der Waals surface area contributed by atoms with E-state index in [-0.39, 0.29) is 24.1 Å². The maximum absolute atomic E-state index is 12.6. The first-order chi connectivity index (χ1) is 26.4. The monoisotopic (exact) mass is 765 g/mol. The van der Waals surface area contributed by atoms with Crippen molar-refractivity contribution in [2.24, 2.45) is 0 Å². The number of carbonyl (C=O) groups is 2. The second-order valence-electron chi connectivity index (χ2n) is 17.0. The van der Waals surface area contributed by atoms with E-state index in [1.807, 2.05) is 0 Å². The summed E-state index contributed by atoms with van der Waals surface area (Å²) in [7, 11) is 4.34. The van der Waals surface area contributed by atoms with Gasteiger partial charge in [-0.25, -0.2) is 0 Å². The Bertz CT molecular complexity index is 767. The SMILES string of the molecule is CCCCCCC(CCCCCC)OC(=O)CCCCCCCCCN(CCCCCCCC(=O)OC(CCCCCC)CCCCCC)CCN(C)C. The third kappa shape index (κ3) is 37.8. The van der Waals surface area contributed by atoms with Crippen LogP contribution in [-0.4, -0.2) is 74.2 Å². The Morgan fingerprint density at radius 2 is 0.667 bits per heavy atom. The first-order valence-corrected chi connectivity index (χ1v) is 24.1. The molecule has 0 spiro atoms. The Hall–Kier alpha value is -1.14. The van der Waals surface area contributed by atoms with Crippen LogP contribution in [0.4, 0.5) is 0 Å². The molecular formula is C48H96N2O4. The van der Waals surface area contributed by atoms with Gasteiger partial charge in [0.2, 0.25) is 0 Å². The first kappa shape index (κ1) is 52.9. The van der Waals surface area contributed by atoms with Crippen molar-refractivity contribution in [1.29, 1.82) is 0 Å². The Morgan fingerprint density at radius 3 is 0.981 bits per heavy atom. The summed E-state index contributed by atoms with van der Waals surface area (Å²) >= 11 is 0. The van der Waals surface area contributed by atoms with Crippen LogP contribution in [0.15, 0.2) is 0 Å². The standard InChI is InChI=1S/C48H96N2O4/c1-7-11-15-27-35-45(36-28-16-12-8-2)53-47(51)39-31-23-20-19-21-25-33-41-50(44-43-49(5)6)42-34-26-22-24-32-40-48(52)54-46(37-29-17-13-9-3)38-30-18-14-10-4/h45-46H,7-44H2,1-6H3. The van der Waals surface area contributed by atoms with Crippen molar-refractivity contribution < 1.29 is 19.1 Å². The fourth-order valence-electron chi connectivity index (χ4n) is 7.51. The molecule has 0 amide bonds. The Balaban J connectivity index is 4.17. The van der Waals surface area contributed by atoms with Gasteiger partial charge in [0, 0.05) is 25.9 Å². The van der Waals surface area contributed by atoms with Crippen LogP contribution >= 0.6 is 0 Å². The van der Waals surface area contributed by atoms with Gasteiger partial charge in [0.15, 0.2) is 0 Å². The number of hydrogen-bond donors (Lipinski definition) is 0. The van der Waals surface area contributed by atoms with Gasteiger partial charge in [-0.1, -0.05) is 156 Å². The number of carbonyl (C=O) groups excluding carboxylic acids is 2. The minimum Gasteiger partial charge on any atom is -0.462 e. The van der Waals surface area contributed by atoms with Gasteiger partial charge in [-0.05, 0) is 104 Å². The number of ether oxygens (including phenoxy) is 2. The van der Waals surface area contributed by atoms with E-state index in [0.717, 1.165) is 64.5 Å². The van der Waals surface area contributed by atoms with Crippen LogP contribution in [0.2, 0.25) is 0 Å². The molecule has 0 aliphatic rings. The largest absolute Gasteiger partial charge is 0.462 e. The number of likely N-dealkylation sites (N-methyl/N-ethyl adjacent to an activating group) is 1. The fraction of sp³-hybridized carbons (Fsp3) is 0.958. The van der Waals surface area contributed by atoms with E-state index in [4.69, 9.17) is 9.47 Å². The highest BCUT2D eigenvalue weighted by atomic mass is 16.5. The molecule has 54 heavy (non-hydrogen) atoms. The van der Waals surface area contributed by atoms with Gasteiger partial charge >= 0.3 is 11.9 Å². The minimum atomic E-state index is 0.0332. The molecule has 0 aromatic heterocycles. The zero-order chi connectivity index (χ0) is 39.7. The van der Waals surface area contributed by atoms with E-state index < -0.39 is 0 Å². The van der Waals surface area contributed by atoms with Crippen molar-refractivity contribution in [2.45, 2.75) is 258 Å². The normalized spacial score (nSPS) is 11.8. The molecule has 0 aliphatic carbocycles. The Kier molecular flexibility index (Phi) is 40.6. The van der Waals surface area contributed by atoms with Gasteiger partial charge < -0.3 is 19.3 Å². The van der Waals surface area contributed by atoms with Crippen LogP contribution < -0.4 is 0 Å². The summed E-state index contributed by atoms with van der Waals surface area (Å²) in [6.45, 7) is 13.6. The Labute approximate surface area is 338 Å². The number of hydrogen-bond acceptors (Lipinski definition) is 6. The van der Waals surface area contributed by atoms with E-state index >= 15 is 0 Å². The number of esters is 2.